The molecule has 0 aromatic heterocycles. The number of carbonyl (C=O) groups excluding carboxylic acids is 2. The van der Waals surface area contributed by atoms with E-state index in [4.69, 9.17) is 42.8 Å². The highest BCUT2D eigenvalue weighted by Crippen LogP contribution is 2.37. The fourth-order valence-corrected chi connectivity index (χ4v) is 4.42. The summed E-state index contributed by atoms with van der Waals surface area (Å²) in [5.41, 5.74) is 4.61. The Morgan fingerprint density at radius 3 is 2.60 bits per heavy atom. The summed E-state index contributed by atoms with van der Waals surface area (Å²) in [6.07, 6.45) is 1.36. The number of halogens is 1. The number of nitrogens with zero attached hydrogens (tertiary/aromatic N) is 1. The number of rotatable bonds is 12. The second kappa shape index (κ2) is 14.5. The zero-order valence-electron chi connectivity index (χ0n) is 23.0. The average Bonchev–Trinajstić information content (AvgIpc) is 2.89. The predicted molar refractivity (Wildman–Crippen MR) is 157 cm³/mol. The summed E-state index contributed by atoms with van der Waals surface area (Å²) in [5, 5.41) is 10.8. The smallest absolute Gasteiger partial charge is 0.338 e. The summed E-state index contributed by atoms with van der Waals surface area (Å²) in [5.74, 6) is 0.354. The monoisotopic (exact) mass is 588 g/mol. The molecule has 1 aliphatic rings. The Bertz CT molecular complexity index is 1310. The van der Waals surface area contributed by atoms with Crippen LogP contribution < -0.4 is 30.3 Å². The number of allylic oxidation sites excluding steroid dienone is 1. The molecule has 0 saturated carbocycles. The summed E-state index contributed by atoms with van der Waals surface area (Å²) >= 11 is 11.7. The van der Waals surface area contributed by atoms with Crippen LogP contribution in [0.3, 0.4) is 0 Å². The maximum atomic E-state index is 12.7. The molecule has 12 heteroatoms. The van der Waals surface area contributed by atoms with E-state index in [2.05, 4.69) is 21.2 Å². The van der Waals surface area contributed by atoms with E-state index in [9.17, 15) is 9.59 Å². The number of amides is 1. The van der Waals surface area contributed by atoms with Gasteiger partial charge in [0.1, 0.15) is 5.75 Å². The molecule has 1 atom stereocenters. The zero-order valence-corrected chi connectivity index (χ0v) is 24.6. The van der Waals surface area contributed by atoms with Gasteiger partial charge < -0.3 is 29.6 Å². The normalized spacial score (nSPS) is 15.0. The molecule has 0 radical (unpaired) electrons. The number of para-hydroxylation sites is 1. The second-order valence-electron chi connectivity index (χ2n) is 8.84. The van der Waals surface area contributed by atoms with E-state index in [0.717, 1.165) is 0 Å². The molecule has 1 amide bonds. The number of hydrogen-bond acceptors (Lipinski definition) is 8. The Kier molecular flexibility index (Phi) is 11.2. The van der Waals surface area contributed by atoms with Gasteiger partial charge in [-0.25, -0.2) is 10.2 Å². The summed E-state index contributed by atoms with van der Waals surface area (Å²) < 4.78 is 22.5. The van der Waals surface area contributed by atoms with Gasteiger partial charge in [-0.2, -0.15) is 5.10 Å². The van der Waals surface area contributed by atoms with E-state index in [1.54, 1.807) is 50.2 Å². The molecular formula is C28H33ClN4O6S. The van der Waals surface area contributed by atoms with Crippen LogP contribution in [-0.4, -0.2) is 49.1 Å². The van der Waals surface area contributed by atoms with Gasteiger partial charge >= 0.3 is 5.97 Å². The summed E-state index contributed by atoms with van der Waals surface area (Å²) in [4.78, 5) is 25.2. The van der Waals surface area contributed by atoms with Crippen molar-refractivity contribution in [1.82, 2.24) is 16.1 Å². The van der Waals surface area contributed by atoms with Gasteiger partial charge in [0.25, 0.3) is 5.91 Å². The first-order valence-electron chi connectivity index (χ1n) is 12.8. The third-order valence-electron chi connectivity index (χ3n) is 5.44. The maximum absolute atomic E-state index is 12.7. The van der Waals surface area contributed by atoms with Crippen molar-refractivity contribution in [2.24, 2.45) is 5.10 Å². The average molecular weight is 589 g/mol. The molecular weight excluding hydrogens is 556 g/mol. The van der Waals surface area contributed by atoms with Crippen LogP contribution in [0.25, 0.3) is 0 Å². The molecule has 0 spiro atoms. The van der Waals surface area contributed by atoms with Gasteiger partial charge in [0.2, 0.25) is 0 Å². The number of ether oxygens (including phenoxy) is 4. The van der Waals surface area contributed by atoms with Crippen molar-refractivity contribution in [2.75, 3.05) is 19.8 Å². The van der Waals surface area contributed by atoms with Crippen molar-refractivity contribution in [3.63, 3.8) is 0 Å². The molecule has 0 fully saturated rings. The van der Waals surface area contributed by atoms with Crippen molar-refractivity contribution in [3.05, 3.63) is 63.8 Å². The largest absolute Gasteiger partial charge is 0.490 e. The molecule has 1 aliphatic heterocycles. The molecule has 40 heavy (non-hydrogen) atoms. The van der Waals surface area contributed by atoms with Gasteiger partial charge in [0.15, 0.2) is 23.2 Å². The minimum absolute atomic E-state index is 0.0837. The molecule has 0 aliphatic carbocycles. The molecule has 3 rings (SSSR count). The number of esters is 1. The fourth-order valence-electron chi connectivity index (χ4n) is 3.89. The van der Waals surface area contributed by atoms with E-state index < -0.39 is 17.9 Å². The van der Waals surface area contributed by atoms with Crippen molar-refractivity contribution in [2.45, 2.75) is 46.8 Å². The van der Waals surface area contributed by atoms with E-state index in [1.807, 2.05) is 20.8 Å². The molecule has 0 bridgehead atoms. The quantitative estimate of drug-likeness (QED) is 0.143. The molecule has 3 N–H and O–H groups in total. The van der Waals surface area contributed by atoms with Gasteiger partial charge in [-0.15, -0.1) is 0 Å². The maximum Gasteiger partial charge on any atom is 0.338 e. The molecule has 1 heterocycles. The molecule has 0 saturated heterocycles. The number of hydrogen-bond donors (Lipinski definition) is 3. The van der Waals surface area contributed by atoms with Crippen LogP contribution in [0.4, 0.5) is 0 Å². The van der Waals surface area contributed by atoms with Crippen molar-refractivity contribution in [1.29, 1.82) is 0 Å². The van der Waals surface area contributed by atoms with E-state index >= 15 is 0 Å². The van der Waals surface area contributed by atoms with Crippen LogP contribution >= 0.6 is 23.8 Å². The summed E-state index contributed by atoms with van der Waals surface area (Å²) in [7, 11) is 0. The van der Waals surface area contributed by atoms with Crippen LogP contribution in [0, 0.1) is 0 Å². The number of nitrogens with one attached hydrogen (secondary N) is 3. The Hall–Kier alpha value is -3.83. The van der Waals surface area contributed by atoms with E-state index in [-0.39, 0.29) is 19.3 Å². The minimum Gasteiger partial charge on any atom is -0.490 e. The highest BCUT2D eigenvalue weighted by atomic mass is 35.5. The van der Waals surface area contributed by atoms with Crippen molar-refractivity contribution < 1.29 is 28.5 Å². The van der Waals surface area contributed by atoms with E-state index in [1.165, 1.54) is 6.21 Å². The molecule has 214 valence electrons. The van der Waals surface area contributed by atoms with Gasteiger partial charge in [-0.3, -0.25) is 4.79 Å². The van der Waals surface area contributed by atoms with Crippen LogP contribution in [0.2, 0.25) is 5.02 Å². The second-order valence-corrected chi connectivity index (χ2v) is 9.66. The number of benzene rings is 2. The lowest BCUT2D eigenvalue weighted by atomic mass is 9.95. The van der Waals surface area contributed by atoms with Gasteiger partial charge in [0, 0.05) is 11.3 Å². The van der Waals surface area contributed by atoms with E-state index in [0.29, 0.717) is 56.4 Å². The minimum atomic E-state index is -0.628. The number of hydrazone groups is 1. The highest BCUT2D eigenvalue weighted by Gasteiger charge is 2.32. The van der Waals surface area contributed by atoms with Gasteiger partial charge in [0.05, 0.1) is 42.2 Å². The lowest BCUT2D eigenvalue weighted by Crippen LogP contribution is -2.45. The Labute approximate surface area is 244 Å². The molecule has 0 unspecified atom stereocenters. The van der Waals surface area contributed by atoms with Crippen LogP contribution in [0.1, 0.15) is 51.8 Å². The summed E-state index contributed by atoms with van der Waals surface area (Å²) in [6, 6.07) is 9.82. The standard InChI is InChI=1S/C28H33ClN4O6S/c1-6-36-22-13-18(12-20(29)26(22)39-16(3)4)14-30-33-23(34)15-38-21-11-9-8-10-19(21)25-24(27(35)37-7-2)17(5)31-28(40)32-25/h8-14,16,25H,6-7,15H2,1-5H3,(H,33,34)(H2,31,32,40)/t25-/m0/s1. The first kappa shape index (κ1) is 30.7. The Morgan fingerprint density at radius 1 is 1.15 bits per heavy atom. The highest BCUT2D eigenvalue weighted by molar-refractivity contribution is 7.80. The first-order valence-corrected chi connectivity index (χ1v) is 13.5. The molecule has 10 nitrogen and oxygen atoms in total. The third-order valence-corrected chi connectivity index (χ3v) is 5.94. The van der Waals surface area contributed by atoms with Crippen molar-refractivity contribution >= 4 is 47.0 Å². The summed E-state index contributed by atoms with van der Waals surface area (Å²) in [6.45, 7) is 9.45. The molecule has 2 aromatic carbocycles. The van der Waals surface area contributed by atoms with Crippen LogP contribution in [0.15, 0.2) is 52.8 Å². The first-order chi connectivity index (χ1) is 19.1. The lowest BCUT2D eigenvalue weighted by Gasteiger charge is -2.30. The predicted octanol–water partition coefficient (Wildman–Crippen LogP) is 4.41. The Balaban J connectivity index is 1.70. The van der Waals surface area contributed by atoms with Crippen LogP contribution in [0.5, 0.6) is 17.2 Å². The molecule has 2 aromatic rings. The number of carbonyl (C=O) groups is 2. The van der Waals surface area contributed by atoms with Gasteiger partial charge in [-0.05, 0) is 70.6 Å². The lowest BCUT2D eigenvalue weighted by molar-refractivity contribution is -0.139. The number of thiocarbonyl (C=S) groups is 1. The topological polar surface area (TPSA) is 120 Å². The Morgan fingerprint density at radius 2 is 1.90 bits per heavy atom. The van der Waals surface area contributed by atoms with Crippen molar-refractivity contribution in [3.8, 4) is 17.2 Å². The van der Waals surface area contributed by atoms with Crippen LogP contribution in [-0.2, 0) is 14.3 Å². The SMILES string of the molecule is CCOC(=O)C1=C(C)NC(=S)N[C@H]1c1ccccc1OCC(=O)NN=Cc1cc(Cl)c(OC(C)C)c(OCC)c1. The third kappa shape index (κ3) is 8.09. The van der Waals surface area contributed by atoms with Gasteiger partial charge in [-0.1, -0.05) is 29.8 Å². The zero-order chi connectivity index (χ0) is 29.2. The fraction of sp³-hybridized carbons (Fsp3) is 0.357.